The number of carbonyl (C=O) groups excluding carboxylic acids is 2. The molecule has 1 aliphatic carbocycles. The van der Waals surface area contributed by atoms with E-state index in [1.807, 2.05) is 31.2 Å². The average molecular weight is 346 g/mol. The van der Waals surface area contributed by atoms with Crippen molar-refractivity contribution in [3.05, 3.63) is 29.8 Å². The first kappa shape index (κ1) is 17.7. The molecule has 136 valence electrons. The number of urea groups is 1. The van der Waals surface area contributed by atoms with Crippen molar-refractivity contribution in [2.24, 2.45) is 0 Å². The van der Waals surface area contributed by atoms with Crippen molar-refractivity contribution in [2.75, 3.05) is 20.2 Å². The normalized spacial score (nSPS) is 21.1. The van der Waals surface area contributed by atoms with E-state index in [0.717, 1.165) is 24.8 Å². The minimum Gasteiger partial charge on any atom is -0.491 e. The summed E-state index contributed by atoms with van der Waals surface area (Å²) in [5, 5.41) is 10.2. The molecule has 3 rings (SSSR count). The zero-order chi connectivity index (χ0) is 18.0. The SMILES string of the molecule is Cc1ccc(OC[C@@H](O)CN2C(=O)N(C)C3(CCCCC3)C2=O)cc1. The Morgan fingerprint density at radius 2 is 1.80 bits per heavy atom. The highest BCUT2D eigenvalue weighted by Gasteiger charge is 2.55. The molecule has 1 saturated heterocycles. The van der Waals surface area contributed by atoms with Crippen molar-refractivity contribution in [1.82, 2.24) is 9.80 Å². The Morgan fingerprint density at radius 3 is 2.44 bits per heavy atom. The lowest BCUT2D eigenvalue weighted by Crippen LogP contribution is -2.49. The van der Waals surface area contributed by atoms with Crippen LogP contribution in [-0.2, 0) is 4.79 Å². The lowest BCUT2D eigenvalue weighted by Gasteiger charge is -2.35. The van der Waals surface area contributed by atoms with Crippen LogP contribution in [0, 0.1) is 6.92 Å². The molecule has 1 aromatic carbocycles. The summed E-state index contributed by atoms with van der Waals surface area (Å²) in [7, 11) is 1.70. The summed E-state index contributed by atoms with van der Waals surface area (Å²) in [6.45, 7) is 1.99. The van der Waals surface area contributed by atoms with Crippen LogP contribution in [0.15, 0.2) is 24.3 Å². The molecular weight excluding hydrogens is 320 g/mol. The minimum absolute atomic E-state index is 0.0321. The molecule has 1 atom stereocenters. The number of aliphatic hydroxyl groups is 1. The van der Waals surface area contributed by atoms with E-state index in [-0.39, 0.29) is 25.1 Å². The Morgan fingerprint density at radius 1 is 1.16 bits per heavy atom. The second-order valence-electron chi connectivity index (χ2n) is 7.13. The van der Waals surface area contributed by atoms with Crippen LogP contribution in [0.3, 0.4) is 0 Å². The van der Waals surface area contributed by atoms with E-state index in [0.29, 0.717) is 18.6 Å². The van der Waals surface area contributed by atoms with Gasteiger partial charge in [-0.25, -0.2) is 4.79 Å². The van der Waals surface area contributed by atoms with E-state index < -0.39 is 11.6 Å². The van der Waals surface area contributed by atoms with Gasteiger partial charge in [-0.05, 0) is 31.9 Å². The third kappa shape index (κ3) is 3.35. The van der Waals surface area contributed by atoms with Crippen LogP contribution >= 0.6 is 0 Å². The summed E-state index contributed by atoms with van der Waals surface area (Å²) in [6.07, 6.45) is 3.51. The van der Waals surface area contributed by atoms with Gasteiger partial charge in [-0.2, -0.15) is 0 Å². The zero-order valence-electron chi connectivity index (χ0n) is 14.9. The second-order valence-corrected chi connectivity index (χ2v) is 7.13. The van der Waals surface area contributed by atoms with Crippen LogP contribution < -0.4 is 4.74 Å². The van der Waals surface area contributed by atoms with Crippen LogP contribution in [0.2, 0.25) is 0 Å². The molecule has 1 saturated carbocycles. The fraction of sp³-hybridized carbons (Fsp3) is 0.579. The molecule has 1 aromatic rings. The van der Waals surface area contributed by atoms with E-state index in [2.05, 4.69) is 0 Å². The van der Waals surface area contributed by atoms with Gasteiger partial charge in [0.1, 0.15) is 24.0 Å². The topological polar surface area (TPSA) is 70.1 Å². The maximum Gasteiger partial charge on any atom is 0.327 e. The molecule has 0 unspecified atom stereocenters. The van der Waals surface area contributed by atoms with Gasteiger partial charge in [0, 0.05) is 7.05 Å². The van der Waals surface area contributed by atoms with Gasteiger partial charge in [0.05, 0.1) is 6.54 Å². The Labute approximate surface area is 148 Å². The molecule has 2 aliphatic rings. The van der Waals surface area contributed by atoms with Crippen LogP contribution in [0.5, 0.6) is 5.75 Å². The number of rotatable bonds is 5. The number of amides is 3. The minimum atomic E-state index is -0.915. The first-order chi connectivity index (χ1) is 11.9. The van der Waals surface area contributed by atoms with Crippen molar-refractivity contribution < 1.29 is 19.4 Å². The van der Waals surface area contributed by atoms with Crippen LogP contribution in [0.25, 0.3) is 0 Å². The maximum atomic E-state index is 12.9. The molecule has 6 heteroatoms. The van der Waals surface area contributed by atoms with Gasteiger partial charge in [0.2, 0.25) is 0 Å². The first-order valence-electron chi connectivity index (χ1n) is 8.91. The molecule has 0 aromatic heterocycles. The fourth-order valence-corrected chi connectivity index (χ4v) is 3.78. The third-order valence-corrected chi connectivity index (χ3v) is 5.34. The molecule has 3 amide bonds. The van der Waals surface area contributed by atoms with Crippen LogP contribution in [0.4, 0.5) is 4.79 Å². The third-order valence-electron chi connectivity index (χ3n) is 5.34. The summed E-state index contributed by atoms with van der Waals surface area (Å²) >= 11 is 0. The smallest absolute Gasteiger partial charge is 0.327 e. The molecular formula is C19H26N2O4. The van der Waals surface area contributed by atoms with E-state index >= 15 is 0 Å². The largest absolute Gasteiger partial charge is 0.491 e. The van der Waals surface area contributed by atoms with Crippen molar-refractivity contribution in [2.45, 2.75) is 50.7 Å². The summed E-state index contributed by atoms with van der Waals surface area (Å²) in [5.74, 6) is 0.485. The molecule has 25 heavy (non-hydrogen) atoms. The lowest BCUT2D eigenvalue weighted by molar-refractivity contribution is -0.135. The molecule has 1 heterocycles. The number of imide groups is 1. The van der Waals surface area contributed by atoms with Gasteiger partial charge in [-0.1, -0.05) is 37.0 Å². The van der Waals surface area contributed by atoms with E-state index in [4.69, 9.17) is 4.74 Å². The number of carbonyl (C=O) groups is 2. The molecule has 0 bridgehead atoms. The summed E-state index contributed by atoms with van der Waals surface area (Å²) in [6, 6.07) is 7.20. The van der Waals surface area contributed by atoms with Gasteiger partial charge >= 0.3 is 6.03 Å². The summed E-state index contributed by atoms with van der Waals surface area (Å²) < 4.78 is 5.55. The quantitative estimate of drug-likeness (QED) is 0.831. The van der Waals surface area contributed by atoms with Gasteiger partial charge in [0.25, 0.3) is 5.91 Å². The standard InChI is InChI=1S/C19H26N2O4/c1-14-6-8-16(9-7-14)25-13-15(22)12-21-17(23)19(20(2)18(21)24)10-4-3-5-11-19/h6-9,15,22H,3-5,10-13H2,1-2H3/t15-/m0/s1. The number of benzene rings is 1. The number of aliphatic hydroxyl groups excluding tert-OH is 1. The summed E-state index contributed by atoms with van der Waals surface area (Å²) in [4.78, 5) is 28.1. The molecule has 1 spiro atoms. The first-order valence-corrected chi connectivity index (χ1v) is 8.91. The van der Waals surface area contributed by atoms with Crippen molar-refractivity contribution in [1.29, 1.82) is 0 Å². The van der Waals surface area contributed by atoms with Crippen molar-refractivity contribution in [3.8, 4) is 5.75 Å². The predicted octanol–water partition coefficient (Wildman–Crippen LogP) is 2.33. The molecule has 1 aliphatic heterocycles. The lowest BCUT2D eigenvalue weighted by atomic mass is 9.81. The van der Waals surface area contributed by atoms with Crippen LogP contribution in [-0.4, -0.2) is 58.7 Å². The Hall–Kier alpha value is -2.08. The highest BCUT2D eigenvalue weighted by molar-refractivity contribution is 6.07. The monoisotopic (exact) mass is 346 g/mol. The Balaban J connectivity index is 1.60. The maximum absolute atomic E-state index is 12.9. The van der Waals surface area contributed by atoms with Crippen LogP contribution in [0.1, 0.15) is 37.7 Å². The number of likely N-dealkylation sites (N-methyl/N-ethyl adjacent to an activating group) is 1. The predicted molar refractivity (Wildman–Crippen MR) is 93.4 cm³/mol. The number of ether oxygens (including phenoxy) is 1. The number of nitrogens with zero attached hydrogens (tertiary/aromatic N) is 2. The van der Waals surface area contributed by atoms with Gasteiger partial charge in [-0.15, -0.1) is 0 Å². The van der Waals surface area contributed by atoms with Gasteiger partial charge in [0.15, 0.2) is 0 Å². The zero-order valence-corrected chi connectivity index (χ0v) is 14.9. The Bertz CT molecular complexity index is 637. The molecule has 2 fully saturated rings. The number of β-amino-alcohol motifs (C(OH)–C–C–N with tert-alkyl or cyclic N) is 1. The fourth-order valence-electron chi connectivity index (χ4n) is 3.78. The molecule has 6 nitrogen and oxygen atoms in total. The number of hydrogen-bond donors (Lipinski definition) is 1. The van der Waals surface area contributed by atoms with E-state index in [1.165, 1.54) is 4.90 Å². The van der Waals surface area contributed by atoms with E-state index in [9.17, 15) is 14.7 Å². The molecule has 1 N–H and O–H groups in total. The second kappa shape index (κ2) is 7.04. The van der Waals surface area contributed by atoms with Gasteiger partial charge < -0.3 is 14.7 Å². The van der Waals surface area contributed by atoms with Gasteiger partial charge in [-0.3, -0.25) is 9.69 Å². The number of hydrogen-bond acceptors (Lipinski definition) is 4. The highest BCUT2D eigenvalue weighted by atomic mass is 16.5. The van der Waals surface area contributed by atoms with E-state index in [1.54, 1.807) is 11.9 Å². The molecule has 0 radical (unpaired) electrons. The Kier molecular flexibility index (Phi) is 4.99. The van der Waals surface area contributed by atoms with Crippen molar-refractivity contribution in [3.63, 3.8) is 0 Å². The van der Waals surface area contributed by atoms with Crippen molar-refractivity contribution >= 4 is 11.9 Å². The highest BCUT2D eigenvalue weighted by Crippen LogP contribution is 2.39. The average Bonchev–Trinajstić information content (AvgIpc) is 2.78. The number of aryl methyl sites for hydroxylation is 1. The summed E-state index contributed by atoms with van der Waals surface area (Å²) in [5.41, 5.74) is 0.425.